The first-order valence-electron chi connectivity index (χ1n) is 8.77. The van der Waals surface area contributed by atoms with Crippen molar-refractivity contribution in [2.75, 3.05) is 6.54 Å². The highest BCUT2D eigenvalue weighted by Crippen LogP contribution is 2.34. The minimum absolute atomic E-state index is 0.0976. The normalized spacial score (nSPS) is 15.4. The predicted octanol–water partition coefficient (Wildman–Crippen LogP) is 4.20. The van der Waals surface area contributed by atoms with Gasteiger partial charge in [-0.25, -0.2) is 0 Å². The van der Waals surface area contributed by atoms with Gasteiger partial charge in [-0.3, -0.25) is 9.59 Å². The van der Waals surface area contributed by atoms with Gasteiger partial charge in [0.1, 0.15) is 5.58 Å². The standard InChI is InChI=1S/C19H23NO4S/c21-17(22)10-11-20-19(23)18-15(12-25-13-6-2-1-3-7-13)14-8-4-5-9-16(14)24-18/h4-5,8-9,13H,1-3,6-7,10-12H2,(H,20,23)(H,21,22). The van der Waals surface area contributed by atoms with Crippen molar-refractivity contribution in [3.8, 4) is 0 Å². The van der Waals surface area contributed by atoms with Crippen LogP contribution in [-0.2, 0) is 10.5 Å². The van der Waals surface area contributed by atoms with Gasteiger partial charge in [-0.1, -0.05) is 37.5 Å². The second-order valence-corrected chi connectivity index (χ2v) is 7.67. The molecule has 0 atom stereocenters. The summed E-state index contributed by atoms with van der Waals surface area (Å²) in [6, 6.07) is 7.66. The molecule has 1 aromatic carbocycles. The van der Waals surface area contributed by atoms with Crippen molar-refractivity contribution in [3.05, 3.63) is 35.6 Å². The van der Waals surface area contributed by atoms with Gasteiger partial charge < -0.3 is 14.8 Å². The number of carbonyl (C=O) groups is 2. The molecule has 25 heavy (non-hydrogen) atoms. The maximum Gasteiger partial charge on any atom is 0.305 e. The Morgan fingerprint density at radius 2 is 1.96 bits per heavy atom. The van der Waals surface area contributed by atoms with E-state index in [1.807, 2.05) is 36.0 Å². The summed E-state index contributed by atoms with van der Waals surface area (Å²) in [6.45, 7) is 0.0976. The quantitative estimate of drug-likeness (QED) is 0.772. The average Bonchev–Trinajstić information content (AvgIpc) is 2.99. The van der Waals surface area contributed by atoms with E-state index >= 15 is 0 Å². The van der Waals surface area contributed by atoms with Crippen LogP contribution in [0.1, 0.15) is 54.6 Å². The lowest BCUT2D eigenvalue weighted by Crippen LogP contribution is -2.26. The number of amides is 1. The molecule has 134 valence electrons. The number of thioether (sulfide) groups is 1. The Kier molecular flexibility index (Phi) is 6.02. The molecule has 5 nitrogen and oxygen atoms in total. The van der Waals surface area contributed by atoms with E-state index < -0.39 is 5.97 Å². The van der Waals surface area contributed by atoms with E-state index in [0.29, 0.717) is 16.6 Å². The fourth-order valence-corrected chi connectivity index (χ4v) is 4.58. The molecule has 1 saturated carbocycles. The molecule has 1 heterocycles. The van der Waals surface area contributed by atoms with Crippen molar-refractivity contribution in [1.29, 1.82) is 0 Å². The number of fused-ring (bicyclic) bond motifs is 1. The number of furan rings is 1. The first-order chi connectivity index (χ1) is 12.1. The lowest BCUT2D eigenvalue weighted by molar-refractivity contribution is -0.136. The van der Waals surface area contributed by atoms with Crippen molar-refractivity contribution < 1.29 is 19.1 Å². The van der Waals surface area contributed by atoms with Gasteiger partial charge in [-0.2, -0.15) is 11.8 Å². The van der Waals surface area contributed by atoms with Gasteiger partial charge in [0, 0.05) is 28.5 Å². The molecule has 0 spiro atoms. The molecule has 1 aliphatic carbocycles. The SMILES string of the molecule is O=C(O)CCNC(=O)c1oc2ccccc2c1CSC1CCCCC1. The summed E-state index contributed by atoms with van der Waals surface area (Å²) < 4.78 is 5.79. The first kappa shape index (κ1) is 17.9. The lowest BCUT2D eigenvalue weighted by Gasteiger charge is -2.20. The summed E-state index contributed by atoms with van der Waals surface area (Å²) >= 11 is 1.90. The second-order valence-electron chi connectivity index (χ2n) is 6.38. The van der Waals surface area contributed by atoms with Crippen LogP contribution in [0.3, 0.4) is 0 Å². The van der Waals surface area contributed by atoms with E-state index in [4.69, 9.17) is 9.52 Å². The number of benzene rings is 1. The Morgan fingerprint density at radius 1 is 1.20 bits per heavy atom. The average molecular weight is 361 g/mol. The van der Waals surface area contributed by atoms with Gasteiger partial charge >= 0.3 is 5.97 Å². The Labute approximate surface area is 151 Å². The number of para-hydroxylation sites is 1. The van der Waals surface area contributed by atoms with Crippen LogP contribution in [-0.4, -0.2) is 28.8 Å². The van der Waals surface area contributed by atoms with Gasteiger partial charge in [0.2, 0.25) is 0 Å². The highest BCUT2D eigenvalue weighted by molar-refractivity contribution is 7.99. The van der Waals surface area contributed by atoms with Crippen molar-refractivity contribution in [2.45, 2.75) is 49.5 Å². The Morgan fingerprint density at radius 3 is 2.72 bits per heavy atom. The second kappa shape index (κ2) is 8.43. The van der Waals surface area contributed by atoms with E-state index in [0.717, 1.165) is 16.7 Å². The minimum Gasteiger partial charge on any atom is -0.481 e. The van der Waals surface area contributed by atoms with Crippen LogP contribution in [0.25, 0.3) is 11.0 Å². The maximum atomic E-state index is 12.5. The van der Waals surface area contributed by atoms with Crippen LogP contribution in [0.2, 0.25) is 0 Å². The summed E-state index contributed by atoms with van der Waals surface area (Å²) in [5.41, 5.74) is 1.61. The molecule has 2 aromatic rings. The van der Waals surface area contributed by atoms with Crippen LogP contribution >= 0.6 is 11.8 Å². The molecule has 2 N–H and O–H groups in total. The summed E-state index contributed by atoms with van der Waals surface area (Å²) in [6.07, 6.45) is 6.26. The van der Waals surface area contributed by atoms with Crippen LogP contribution < -0.4 is 5.32 Å². The van der Waals surface area contributed by atoms with E-state index in [2.05, 4.69) is 5.32 Å². The van der Waals surface area contributed by atoms with E-state index in [-0.39, 0.29) is 18.9 Å². The largest absolute Gasteiger partial charge is 0.481 e. The molecular weight excluding hydrogens is 338 g/mol. The maximum absolute atomic E-state index is 12.5. The fourth-order valence-electron chi connectivity index (χ4n) is 3.22. The fraction of sp³-hybridized carbons (Fsp3) is 0.474. The number of rotatable bonds is 7. The van der Waals surface area contributed by atoms with E-state index in [1.165, 1.54) is 32.1 Å². The number of hydrogen-bond donors (Lipinski definition) is 2. The van der Waals surface area contributed by atoms with Crippen LogP contribution in [0.5, 0.6) is 0 Å². The first-order valence-corrected chi connectivity index (χ1v) is 9.82. The molecule has 0 radical (unpaired) electrons. The van der Waals surface area contributed by atoms with Crippen LogP contribution in [0, 0.1) is 0 Å². The van der Waals surface area contributed by atoms with Gasteiger partial charge in [0.25, 0.3) is 5.91 Å². The third-order valence-electron chi connectivity index (χ3n) is 4.54. The molecule has 3 rings (SSSR count). The number of carboxylic acid groups (broad SMARTS) is 1. The topological polar surface area (TPSA) is 79.5 Å². The number of carbonyl (C=O) groups excluding carboxylic acids is 1. The molecular formula is C19H23NO4S. The molecule has 1 aromatic heterocycles. The van der Waals surface area contributed by atoms with Crippen molar-refractivity contribution in [1.82, 2.24) is 5.32 Å². The van der Waals surface area contributed by atoms with Gasteiger partial charge in [0.05, 0.1) is 6.42 Å². The predicted molar refractivity (Wildman–Crippen MR) is 99.0 cm³/mol. The van der Waals surface area contributed by atoms with E-state index in [9.17, 15) is 9.59 Å². The minimum atomic E-state index is -0.932. The van der Waals surface area contributed by atoms with Gasteiger partial charge in [-0.05, 0) is 18.9 Å². The Bertz CT molecular complexity index is 749. The molecule has 0 bridgehead atoms. The van der Waals surface area contributed by atoms with Crippen molar-refractivity contribution in [2.24, 2.45) is 0 Å². The third-order valence-corrected chi connectivity index (χ3v) is 5.94. The molecule has 0 saturated heterocycles. The zero-order valence-electron chi connectivity index (χ0n) is 14.1. The van der Waals surface area contributed by atoms with Crippen molar-refractivity contribution in [3.63, 3.8) is 0 Å². The highest BCUT2D eigenvalue weighted by atomic mass is 32.2. The van der Waals surface area contributed by atoms with Crippen LogP contribution in [0.4, 0.5) is 0 Å². The molecule has 1 aliphatic rings. The molecule has 1 amide bonds. The van der Waals surface area contributed by atoms with Crippen molar-refractivity contribution >= 4 is 34.6 Å². The molecule has 6 heteroatoms. The molecule has 0 aliphatic heterocycles. The number of hydrogen-bond acceptors (Lipinski definition) is 4. The van der Waals surface area contributed by atoms with Crippen LogP contribution in [0.15, 0.2) is 28.7 Å². The Hall–Kier alpha value is -1.95. The zero-order chi connectivity index (χ0) is 17.6. The zero-order valence-corrected chi connectivity index (χ0v) is 14.9. The summed E-state index contributed by atoms with van der Waals surface area (Å²) in [5.74, 6) is -0.215. The molecule has 0 unspecified atom stereocenters. The summed E-state index contributed by atoms with van der Waals surface area (Å²) in [5, 5.41) is 13.0. The number of aliphatic carboxylic acids is 1. The van der Waals surface area contributed by atoms with E-state index in [1.54, 1.807) is 0 Å². The highest BCUT2D eigenvalue weighted by Gasteiger charge is 2.22. The number of nitrogens with one attached hydrogen (secondary N) is 1. The smallest absolute Gasteiger partial charge is 0.305 e. The lowest BCUT2D eigenvalue weighted by atomic mass is 10.0. The third kappa shape index (κ3) is 4.57. The molecule has 1 fully saturated rings. The van der Waals surface area contributed by atoms with Gasteiger partial charge in [0.15, 0.2) is 5.76 Å². The van der Waals surface area contributed by atoms with Gasteiger partial charge in [-0.15, -0.1) is 0 Å². The number of carboxylic acids is 1. The summed E-state index contributed by atoms with van der Waals surface area (Å²) in [4.78, 5) is 23.1. The Balaban J connectivity index is 1.76. The summed E-state index contributed by atoms with van der Waals surface area (Å²) in [7, 11) is 0. The monoisotopic (exact) mass is 361 g/mol.